The Hall–Kier alpha value is -1.04. The molecule has 94 valence electrons. The Labute approximate surface area is 117 Å². The second-order valence-corrected chi connectivity index (χ2v) is 4.76. The molecule has 0 radical (unpaired) electrons. The van der Waals surface area contributed by atoms with Gasteiger partial charge in [0.25, 0.3) is 0 Å². The van der Waals surface area contributed by atoms with Crippen molar-refractivity contribution in [3.05, 3.63) is 40.3 Å². The zero-order valence-corrected chi connectivity index (χ0v) is 11.5. The number of hydrogen-bond donors (Lipinski definition) is 0. The Morgan fingerprint density at radius 2 is 2.00 bits per heavy atom. The maximum atomic E-state index is 12.9. The van der Waals surface area contributed by atoms with Crippen molar-refractivity contribution in [3.8, 4) is 11.6 Å². The predicted octanol–water partition coefficient (Wildman–Crippen LogP) is 4.44. The third kappa shape index (κ3) is 3.25. The lowest BCUT2D eigenvalue weighted by molar-refractivity contribution is 0.454. The van der Waals surface area contributed by atoms with Crippen molar-refractivity contribution < 1.29 is 9.13 Å². The van der Waals surface area contributed by atoms with E-state index < -0.39 is 5.82 Å². The minimum atomic E-state index is -0.433. The van der Waals surface area contributed by atoms with E-state index in [-0.39, 0.29) is 16.1 Å². The van der Waals surface area contributed by atoms with Crippen LogP contribution in [0.1, 0.15) is 0 Å². The molecule has 0 bridgehead atoms. The van der Waals surface area contributed by atoms with Gasteiger partial charge in [0.2, 0.25) is 5.88 Å². The first kappa shape index (κ1) is 13.4. The molecular weight excluding hydrogens is 298 g/mol. The van der Waals surface area contributed by atoms with Gasteiger partial charge in [-0.2, -0.15) is 4.98 Å². The second kappa shape index (κ2) is 5.73. The number of nitrogens with zero attached hydrogens (tertiary/aromatic N) is 2. The number of ether oxygens (including phenoxy) is 1. The van der Waals surface area contributed by atoms with Crippen molar-refractivity contribution in [2.45, 2.75) is 5.16 Å². The van der Waals surface area contributed by atoms with Crippen LogP contribution in [0.3, 0.4) is 0 Å². The third-order valence-corrected chi connectivity index (χ3v) is 2.98. The van der Waals surface area contributed by atoms with Crippen LogP contribution < -0.4 is 4.74 Å². The van der Waals surface area contributed by atoms with E-state index in [9.17, 15) is 4.39 Å². The molecule has 0 N–H and O–H groups in total. The molecule has 3 nitrogen and oxygen atoms in total. The molecule has 0 saturated heterocycles. The summed E-state index contributed by atoms with van der Waals surface area (Å²) in [6.45, 7) is 0. The van der Waals surface area contributed by atoms with Crippen LogP contribution in [0.2, 0.25) is 10.2 Å². The smallest absolute Gasteiger partial charge is 0.224 e. The van der Waals surface area contributed by atoms with Crippen LogP contribution in [0, 0.1) is 5.82 Å². The number of benzene rings is 1. The summed E-state index contributed by atoms with van der Waals surface area (Å²) in [4.78, 5) is 8.08. The predicted molar refractivity (Wildman–Crippen MR) is 70.3 cm³/mol. The van der Waals surface area contributed by atoms with E-state index in [1.165, 1.54) is 30.0 Å². The standard InChI is InChI=1S/C11H7Cl2FN2OS/c1-18-11-15-9(13)5-10(16-11)17-8-3-2-6(14)4-7(8)12/h2-5H,1H3. The SMILES string of the molecule is CSc1nc(Cl)cc(Oc2ccc(F)cc2Cl)n1. The van der Waals surface area contributed by atoms with Crippen LogP contribution in [0.4, 0.5) is 4.39 Å². The molecule has 18 heavy (non-hydrogen) atoms. The number of hydrogen-bond acceptors (Lipinski definition) is 4. The topological polar surface area (TPSA) is 35.0 Å². The summed E-state index contributed by atoms with van der Waals surface area (Å²) in [5.41, 5.74) is 0. The first-order valence-electron chi connectivity index (χ1n) is 4.80. The maximum Gasteiger partial charge on any atom is 0.224 e. The highest BCUT2D eigenvalue weighted by molar-refractivity contribution is 7.98. The van der Waals surface area contributed by atoms with E-state index in [0.29, 0.717) is 10.9 Å². The fourth-order valence-corrected chi connectivity index (χ4v) is 1.99. The van der Waals surface area contributed by atoms with E-state index in [1.54, 1.807) is 0 Å². The molecule has 0 amide bonds. The molecule has 0 aliphatic carbocycles. The van der Waals surface area contributed by atoms with E-state index in [0.717, 1.165) is 6.07 Å². The summed E-state index contributed by atoms with van der Waals surface area (Å²) < 4.78 is 18.3. The molecule has 1 aromatic heterocycles. The van der Waals surface area contributed by atoms with Gasteiger partial charge >= 0.3 is 0 Å². The fourth-order valence-electron chi connectivity index (χ4n) is 1.19. The lowest BCUT2D eigenvalue weighted by Gasteiger charge is -2.07. The Morgan fingerprint density at radius 3 is 2.67 bits per heavy atom. The van der Waals surface area contributed by atoms with Crippen LogP contribution in [-0.2, 0) is 0 Å². The van der Waals surface area contributed by atoms with Gasteiger partial charge in [-0.1, -0.05) is 35.0 Å². The van der Waals surface area contributed by atoms with Crippen molar-refractivity contribution in [1.29, 1.82) is 0 Å². The zero-order chi connectivity index (χ0) is 13.1. The van der Waals surface area contributed by atoms with Gasteiger partial charge < -0.3 is 4.74 Å². The third-order valence-electron chi connectivity index (χ3n) is 1.94. The molecule has 0 saturated carbocycles. The fraction of sp³-hybridized carbons (Fsp3) is 0.0909. The number of thioether (sulfide) groups is 1. The molecule has 7 heteroatoms. The summed E-state index contributed by atoms with van der Waals surface area (Å²) in [5.74, 6) is 0.130. The molecule has 0 atom stereocenters. The number of halogens is 3. The first-order chi connectivity index (χ1) is 8.58. The normalized spacial score (nSPS) is 10.4. The summed E-state index contributed by atoms with van der Waals surface area (Å²) >= 11 is 13.0. The molecule has 2 aromatic rings. The van der Waals surface area contributed by atoms with Gasteiger partial charge in [0.15, 0.2) is 5.16 Å². The molecular formula is C11H7Cl2FN2OS. The average molecular weight is 305 g/mol. The summed E-state index contributed by atoms with van der Waals surface area (Å²) in [6.07, 6.45) is 1.82. The van der Waals surface area contributed by atoms with Crippen molar-refractivity contribution >= 4 is 35.0 Å². The van der Waals surface area contributed by atoms with Gasteiger partial charge in [0.05, 0.1) is 5.02 Å². The lowest BCUT2D eigenvalue weighted by Crippen LogP contribution is -1.93. The van der Waals surface area contributed by atoms with Crippen molar-refractivity contribution in [2.24, 2.45) is 0 Å². The number of rotatable bonds is 3. The van der Waals surface area contributed by atoms with E-state index >= 15 is 0 Å². The minimum absolute atomic E-state index is 0.162. The van der Waals surface area contributed by atoms with E-state index in [1.807, 2.05) is 6.26 Å². The van der Waals surface area contributed by atoms with Gasteiger partial charge in [-0.25, -0.2) is 9.37 Å². The van der Waals surface area contributed by atoms with E-state index in [2.05, 4.69) is 9.97 Å². The van der Waals surface area contributed by atoms with Crippen molar-refractivity contribution in [3.63, 3.8) is 0 Å². The van der Waals surface area contributed by atoms with E-state index in [4.69, 9.17) is 27.9 Å². The van der Waals surface area contributed by atoms with Crippen LogP contribution in [0.5, 0.6) is 11.6 Å². The lowest BCUT2D eigenvalue weighted by atomic mass is 10.3. The molecule has 0 fully saturated rings. The monoisotopic (exact) mass is 304 g/mol. The average Bonchev–Trinajstić information content (AvgIpc) is 2.32. The van der Waals surface area contributed by atoms with Crippen molar-refractivity contribution in [1.82, 2.24) is 9.97 Å². The zero-order valence-electron chi connectivity index (χ0n) is 9.15. The summed E-state index contributed by atoms with van der Waals surface area (Å²) in [6, 6.07) is 5.29. The second-order valence-electron chi connectivity index (χ2n) is 3.19. The molecule has 0 unspecified atom stereocenters. The van der Waals surface area contributed by atoms with Crippen molar-refractivity contribution in [2.75, 3.05) is 6.26 Å². The molecule has 0 aliphatic rings. The Bertz CT molecular complexity index is 583. The highest BCUT2D eigenvalue weighted by atomic mass is 35.5. The summed E-state index contributed by atoms with van der Waals surface area (Å²) in [7, 11) is 0. The Balaban J connectivity index is 2.30. The first-order valence-corrected chi connectivity index (χ1v) is 6.78. The van der Waals surface area contributed by atoms with Gasteiger partial charge in [-0.3, -0.25) is 0 Å². The Kier molecular flexibility index (Phi) is 4.27. The molecule has 2 rings (SSSR count). The van der Waals surface area contributed by atoms with Crippen LogP contribution in [0.25, 0.3) is 0 Å². The van der Waals surface area contributed by atoms with Gasteiger partial charge in [0.1, 0.15) is 16.7 Å². The van der Waals surface area contributed by atoms with Gasteiger partial charge in [-0.05, 0) is 24.5 Å². The number of aromatic nitrogens is 2. The quantitative estimate of drug-likeness (QED) is 0.477. The molecule has 0 aliphatic heterocycles. The molecule has 1 heterocycles. The minimum Gasteiger partial charge on any atom is -0.437 e. The summed E-state index contributed by atoms with van der Waals surface area (Å²) in [5, 5.41) is 0.911. The van der Waals surface area contributed by atoms with Gasteiger partial charge in [0, 0.05) is 6.07 Å². The van der Waals surface area contributed by atoms with Crippen LogP contribution in [-0.4, -0.2) is 16.2 Å². The highest BCUT2D eigenvalue weighted by Crippen LogP contribution is 2.30. The molecule has 0 spiro atoms. The van der Waals surface area contributed by atoms with Gasteiger partial charge in [-0.15, -0.1) is 0 Å². The van der Waals surface area contributed by atoms with Crippen LogP contribution in [0.15, 0.2) is 29.4 Å². The Morgan fingerprint density at radius 1 is 1.22 bits per heavy atom. The molecule has 1 aromatic carbocycles. The maximum absolute atomic E-state index is 12.9. The highest BCUT2D eigenvalue weighted by Gasteiger charge is 2.08. The largest absolute Gasteiger partial charge is 0.437 e. The van der Waals surface area contributed by atoms with Crippen LogP contribution >= 0.6 is 35.0 Å².